The minimum atomic E-state index is -0.249. The van der Waals surface area contributed by atoms with Gasteiger partial charge in [-0.05, 0) is 64.5 Å². The van der Waals surface area contributed by atoms with Crippen LogP contribution in [0, 0.1) is 0 Å². The number of carbonyl (C=O) groups is 1. The van der Waals surface area contributed by atoms with Gasteiger partial charge in [-0.25, -0.2) is 4.98 Å². The molecule has 0 aliphatic rings. The Morgan fingerprint density at radius 2 is 1.81 bits per heavy atom. The van der Waals surface area contributed by atoms with Crippen molar-refractivity contribution in [3.63, 3.8) is 0 Å². The van der Waals surface area contributed by atoms with Crippen molar-refractivity contribution >= 4 is 61.8 Å². The Bertz CT molecular complexity index is 1170. The maximum Gasteiger partial charge on any atom is 0.255 e. The first-order valence-electron chi connectivity index (χ1n) is 7.93. The molecule has 27 heavy (non-hydrogen) atoms. The first kappa shape index (κ1) is 18.0. The molecule has 4 nitrogen and oxygen atoms in total. The van der Waals surface area contributed by atoms with Gasteiger partial charge >= 0.3 is 0 Å². The van der Waals surface area contributed by atoms with Crippen LogP contribution >= 0.6 is 39.1 Å². The molecular formula is C20H11BrCl2N2O2. The van der Waals surface area contributed by atoms with Gasteiger partial charge in [-0.1, -0.05) is 35.3 Å². The first-order valence-corrected chi connectivity index (χ1v) is 9.48. The summed E-state index contributed by atoms with van der Waals surface area (Å²) < 4.78 is 6.44. The molecular weight excluding hydrogens is 451 g/mol. The number of anilines is 1. The smallest absolute Gasteiger partial charge is 0.255 e. The van der Waals surface area contributed by atoms with E-state index in [1.54, 1.807) is 42.5 Å². The van der Waals surface area contributed by atoms with E-state index >= 15 is 0 Å². The normalized spacial score (nSPS) is 10.9. The SMILES string of the molecule is O=C(Nc1ccc2oc(-c3ccccc3Cl)nc2c1)c1ccc(Cl)c(Br)c1. The highest BCUT2D eigenvalue weighted by atomic mass is 79.9. The molecule has 1 aromatic heterocycles. The van der Waals surface area contributed by atoms with E-state index in [0.29, 0.717) is 48.3 Å². The molecule has 1 amide bonds. The molecule has 0 bridgehead atoms. The van der Waals surface area contributed by atoms with Crippen LogP contribution in [0.4, 0.5) is 5.69 Å². The summed E-state index contributed by atoms with van der Waals surface area (Å²) in [6, 6.07) is 17.6. The maximum atomic E-state index is 12.4. The molecule has 0 spiro atoms. The Morgan fingerprint density at radius 3 is 2.59 bits per heavy atom. The van der Waals surface area contributed by atoms with Crippen LogP contribution in [0.5, 0.6) is 0 Å². The van der Waals surface area contributed by atoms with E-state index in [0.717, 1.165) is 0 Å². The number of fused-ring (bicyclic) bond motifs is 1. The van der Waals surface area contributed by atoms with Gasteiger partial charge in [-0.2, -0.15) is 0 Å². The largest absolute Gasteiger partial charge is 0.436 e. The fraction of sp³-hybridized carbons (Fsp3) is 0. The second-order valence-corrected chi connectivity index (χ2v) is 7.43. The predicted octanol–water partition coefficient (Wildman–Crippen LogP) is 6.82. The molecule has 0 aliphatic carbocycles. The summed E-state index contributed by atoms with van der Waals surface area (Å²) in [7, 11) is 0. The Labute approximate surface area is 173 Å². The van der Waals surface area contributed by atoms with E-state index < -0.39 is 0 Å². The Balaban J connectivity index is 1.62. The lowest BCUT2D eigenvalue weighted by molar-refractivity contribution is 0.102. The van der Waals surface area contributed by atoms with E-state index in [-0.39, 0.29) is 5.91 Å². The van der Waals surface area contributed by atoms with Crippen LogP contribution in [0.3, 0.4) is 0 Å². The van der Waals surface area contributed by atoms with Gasteiger partial charge in [0.05, 0.1) is 15.6 Å². The summed E-state index contributed by atoms with van der Waals surface area (Å²) in [4.78, 5) is 16.9. The summed E-state index contributed by atoms with van der Waals surface area (Å²) in [6.07, 6.45) is 0. The monoisotopic (exact) mass is 460 g/mol. The van der Waals surface area contributed by atoms with E-state index in [1.807, 2.05) is 18.2 Å². The Morgan fingerprint density at radius 1 is 1.00 bits per heavy atom. The minimum Gasteiger partial charge on any atom is -0.436 e. The van der Waals surface area contributed by atoms with Crippen LogP contribution in [0.2, 0.25) is 10.0 Å². The lowest BCUT2D eigenvalue weighted by Crippen LogP contribution is -2.11. The number of aromatic nitrogens is 1. The van der Waals surface area contributed by atoms with Crippen molar-refractivity contribution in [1.82, 2.24) is 4.98 Å². The topological polar surface area (TPSA) is 55.1 Å². The van der Waals surface area contributed by atoms with Gasteiger partial charge in [0.25, 0.3) is 5.91 Å². The second-order valence-electron chi connectivity index (χ2n) is 5.76. The molecule has 0 radical (unpaired) electrons. The third-order valence-electron chi connectivity index (χ3n) is 3.93. The minimum absolute atomic E-state index is 0.249. The summed E-state index contributed by atoms with van der Waals surface area (Å²) in [5.41, 5.74) is 3.05. The third-order valence-corrected chi connectivity index (χ3v) is 5.48. The van der Waals surface area contributed by atoms with E-state index in [4.69, 9.17) is 27.6 Å². The number of rotatable bonds is 3. The third kappa shape index (κ3) is 3.72. The first-order chi connectivity index (χ1) is 13.0. The number of benzene rings is 3. The van der Waals surface area contributed by atoms with Gasteiger partial charge in [0, 0.05) is 15.7 Å². The zero-order valence-electron chi connectivity index (χ0n) is 13.7. The molecule has 134 valence electrons. The fourth-order valence-corrected chi connectivity index (χ4v) is 3.31. The highest BCUT2D eigenvalue weighted by Crippen LogP contribution is 2.31. The average molecular weight is 462 g/mol. The quantitative estimate of drug-likeness (QED) is 0.364. The lowest BCUT2D eigenvalue weighted by atomic mass is 10.2. The van der Waals surface area contributed by atoms with Crippen LogP contribution < -0.4 is 5.32 Å². The van der Waals surface area contributed by atoms with Crippen LogP contribution in [0.1, 0.15) is 10.4 Å². The molecule has 0 fully saturated rings. The summed E-state index contributed by atoms with van der Waals surface area (Å²) >= 11 is 15.5. The van der Waals surface area contributed by atoms with Crippen LogP contribution in [-0.4, -0.2) is 10.9 Å². The van der Waals surface area contributed by atoms with Gasteiger partial charge in [-0.15, -0.1) is 0 Å². The Hall–Kier alpha value is -2.34. The molecule has 0 saturated heterocycles. The molecule has 0 unspecified atom stereocenters. The van der Waals surface area contributed by atoms with Crippen molar-refractivity contribution in [2.45, 2.75) is 0 Å². The van der Waals surface area contributed by atoms with Gasteiger partial charge in [-0.3, -0.25) is 4.79 Å². The fourth-order valence-electron chi connectivity index (χ4n) is 2.60. The van der Waals surface area contributed by atoms with E-state index in [1.165, 1.54) is 0 Å². The number of nitrogens with zero attached hydrogens (tertiary/aromatic N) is 1. The van der Waals surface area contributed by atoms with Gasteiger partial charge in [0.2, 0.25) is 5.89 Å². The van der Waals surface area contributed by atoms with Crippen LogP contribution in [-0.2, 0) is 0 Å². The van der Waals surface area contributed by atoms with Crippen molar-refractivity contribution < 1.29 is 9.21 Å². The number of nitrogens with one attached hydrogen (secondary N) is 1. The van der Waals surface area contributed by atoms with E-state index in [2.05, 4.69) is 26.2 Å². The molecule has 7 heteroatoms. The van der Waals surface area contributed by atoms with Crippen molar-refractivity contribution in [3.05, 3.63) is 80.7 Å². The van der Waals surface area contributed by atoms with Crippen molar-refractivity contribution in [2.24, 2.45) is 0 Å². The number of halogens is 3. The maximum absolute atomic E-state index is 12.4. The molecule has 0 saturated carbocycles. The molecule has 4 aromatic rings. The molecule has 1 heterocycles. The number of hydrogen-bond acceptors (Lipinski definition) is 3. The summed E-state index contributed by atoms with van der Waals surface area (Å²) in [5, 5.41) is 3.95. The highest BCUT2D eigenvalue weighted by molar-refractivity contribution is 9.10. The van der Waals surface area contributed by atoms with E-state index in [9.17, 15) is 4.79 Å². The van der Waals surface area contributed by atoms with Crippen LogP contribution in [0.15, 0.2) is 69.6 Å². The molecule has 4 rings (SSSR count). The number of hydrogen-bond donors (Lipinski definition) is 1. The zero-order chi connectivity index (χ0) is 19.0. The second kappa shape index (κ2) is 7.35. The number of carbonyl (C=O) groups excluding carboxylic acids is 1. The zero-order valence-corrected chi connectivity index (χ0v) is 16.8. The van der Waals surface area contributed by atoms with Crippen molar-refractivity contribution in [2.75, 3.05) is 5.32 Å². The standard InChI is InChI=1S/C20H11BrCl2N2O2/c21-14-9-11(5-7-16(14)23)19(26)24-12-6-8-18-17(10-12)25-20(27-18)13-3-1-2-4-15(13)22/h1-10H,(H,24,26). The van der Waals surface area contributed by atoms with Crippen molar-refractivity contribution in [1.29, 1.82) is 0 Å². The molecule has 0 atom stereocenters. The molecule has 3 aromatic carbocycles. The summed E-state index contributed by atoms with van der Waals surface area (Å²) in [5.74, 6) is 0.183. The van der Waals surface area contributed by atoms with Gasteiger partial charge in [0.15, 0.2) is 5.58 Å². The lowest BCUT2D eigenvalue weighted by Gasteiger charge is -2.06. The average Bonchev–Trinajstić information content (AvgIpc) is 3.07. The predicted molar refractivity (Wildman–Crippen MR) is 112 cm³/mol. The summed E-state index contributed by atoms with van der Waals surface area (Å²) in [6.45, 7) is 0. The number of oxazole rings is 1. The Kier molecular flexibility index (Phi) is 4.91. The molecule has 1 N–H and O–H groups in total. The van der Waals surface area contributed by atoms with Gasteiger partial charge < -0.3 is 9.73 Å². The molecule has 0 aliphatic heterocycles. The number of amides is 1. The van der Waals surface area contributed by atoms with Crippen molar-refractivity contribution in [3.8, 4) is 11.5 Å². The highest BCUT2D eigenvalue weighted by Gasteiger charge is 2.13. The van der Waals surface area contributed by atoms with Gasteiger partial charge in [0.1, 0.15) is 5.52 Å². The van der Waals surface area contributed by atoms with Crippen LogP contribution in [0.25, 0.3) is 22.6 Å².